The van der Waals surface area contributed by atoms with Gasteiger partial charge in [-0.25, -0.2) is 0 Å². The highest BCUT2D eigenvalue weighted by molar-refractivity contribution is 5.98. The second-order valence-corrected chi connectivity index (χ2v) is 8.02. The van der Waals surface area contributed by atoms with Gasteiger partial charge in [0.25, 0.3) is 11.8 Å². The highest BCUT2D eigenvalue weighted by Gasteiger charge is 2.29. The van der Waals surface area contributed by atoms with Crippen molar-refractivity contribution in [1.29, 1.82) is 0 Å². The molecule has 1 unspecified atom stereocenters. The topological polar surface area (TPSA) is 96.5 Å². The molecular weight excluding hydrogens is 394 g/mol. The molecule has 1 saturated carbocycles. The highest BCUT2D eigenvalue weighted by atomic mass is 16.5. The van der Waals surface area contributed by atoms with Crippen molar-refractivity contribution < 1.29 is 19.1 Å². The Bertz CT molecular complexity index is 944. The zero-order chi connectivity index (χ0) is 21.6. The van der Waals surface area contributed by atoms with Crippen LogP contribution in [-0.2, 0) is 16.0 Å². The molecule has 31 heavy (non-hydrogen) atoms. The number of para-hydroxylation sites is 1. The van der Waals surface area contributed by atoms with Crippen molar-refractivity contribution in [2.45, 2.75) is 38.2 Å². The molecule has 2 aliphatic rings. The fourth-order valence-electron chi connectivity index (χ4n) is 4.09. The van der Waals surface area contributed by atoms with E-state index in [4.69, 9.17) is 4.74 Å². The van der Waals surface area contributed by atoms with Gasteiger partial charge in [-0.1, -0.05) is 37.1 Å². The summed E-state index contributed by atoms with van der Waals surface area (Å²) in [5.41, 5.74) is 1.98. The van der Waals surface area contributed by atoms with Crippen LogP contribution in [0.3, 0.4) is 0 Å². The van der Waals surface area contributed by atoms with Gasteiger partial charge in [0.15, 0.2) is 6.10 Å². The fraction of sp³-hybridized carbons (Fsp3) is 0.375. The first kappa shape index (κ1) is 20.9. The van der Waals surface area contributed by atoms with Crippen LogP contribution in [0.15, 0.2) is 48.5 Å². The standard InChI is InChI=1S/C24H27N3O4/c28-22(16-6-1-2-7-16)25-12-13-26-23(29)18-9-5-10-19(14-18)27-24(30)21-15-17-8-3-4-11-20(17)31-21/h3-5,8-11,14,16,21H,1-2,6-7,12-13,15H2,(H,25,28)(H,26,29)(H,27,30). The number of rotatable bonds is 7. The van der Waals surface area contributed by atoms with Crippen molar-refractivity contribution in [3.8, 4) is 5.75 Å². The third-order valence-corrected chi connectivity index (χ3v) is 5.77. The van der Waals surface area contributed by atoms with E-state index in [1.165, 1.54) is 0 Å². The Hall–Kier alpha value is -3.35. The van der Waals surface area contributed by atoms with E-state index in [0.717, 1.165) is 37.0 Å². The second kappa shape index (κ2) is 9.64. The molecule has 2 aromatic rings. The number of ether oxygens (including phenoxy) is 1. The van der Waals surface area contributed by atoms with Gasteiger partial charge in [0.2, 0.25) is 5.91 Å². The minimum Gasteiger partial charge on any atom is -0.480 e. The van der Waals surface area contributed by atoms with E-state index in [2.05, 4.69) is 16.0 Å². The molecule has 3 N–H and O–H groups in total. The summed E-state index contributed by atoms with van der Waals surface area (Å²) in [6.07, 6.45) is 4.07. The number of carbonyl (C=O) groups is 3. The first-order chi connectivity index (χ1) is 15.1. The van der Waals surface area contributed by atoms with Gasteiger partial charge in [-0.3, -0.25) is 14.4 Å². The molecule has 0 bridgehead atoms. The average Bonchev–Trinajstić information content (AvgIpc) is 3.46. The van der Waals surface area contributed by atoms with E-state index in [1.54, 1.807) is 24.3 Å². The van der Waals surface area contributed by atoms with Gasteiger partial charge in [0.05, 0.1) is 0 Å². The molecule has 0 spiro atoms. The van der Waals surface area contributed by atoms with E-state index in [1.807, 2.05) is 24.3 Å². The monoisotopic (exact) mass is 421 g/mol. The first-order valence-corrected chi connectivity index (χ1v) is 10.8. The van der Waals surface area contributed by atoms with Crippen LogP contribution in [-0.4, -0.2) is 36.9 Å². The smallest absolute Gasteiger partial charge is 0.265 e. The third kappa shape index (κ3) is 5.23. The lowest BCUT2D eigenvalue weighted by atomic mass is 10.1. The Kier molecular flexibility index (Phi) is 6.50. The minimum absolute atomic E-state index is 0.0766. The normalized spacial score (nSPS) is 17.5. The molecule has 7 nitrogen and oxygen atoms in total. The predicted octanol–water partition coefficient (Wildman–Crippen LogP) is 2.67. The van der Waals surface area contributed by atoms with Crippen LogP contribution in [0.5, 0.6) is 5.75 Å². The number of carbonyl (C=O) groups excluding carboxylic acids is 3. The predicted molar refractivity (Wildman–Crippen MR) is 117 cm³/mol. The minimum atomic E-state index is -0.585. The van der Waals surface area contributed by atoms with E-state index in [0.29, 0.717) is 30.8 Å². The van der Waals surface area contributed by atoms with Crippen molar-refractivity contribution in [3.63, 3.8) is 0 Å². The van der Waals surface area contributed by atoms with Crippen molar-refractivity contribution in [3.05, 3.63) is 59.7 Å². The Labute approximate surface area is 181 Å². The molecule has 3 amide bonds. The maximum Gasteiger partial charge on any atom is 0.265 e. The summed E-state index contributed by atoms with van der Waals surface area (Å²) in [5, 5.41) is 8.51. The lowest BCUT2D eigenvalue weighted by molar-refractivity contribution is -0.124. The number of benzene rings is 2. The summed E-state index contributed by atoms with van der Waals surface area (Å²) in [5.74, 6) is 0.426. The summed E-state index contributed by atoms with van der Waals surface area (Å²) in [6.45, 7) is 0.749. The fourth-order valence-corrected chi connectivity index (χ4v) is 4.09. The zero-order valence-corrected chi connectivity index (χ0v) is 17.4. The molecule has 0 radical (unpaired) electrons. The Morgan fingerprint density at radius 1 is 0.903 bits per heavy atom. The largest absolute Gasteiger partial charge is 0.480 e. The lowest BCUT2D eigenvalue weighted by Gasteiger charge is -2.13. The molecule has 1 atom stereocenters. The second-order valence-electron chi connectivity index (χ2n) is 8.02. The Balaban J connectivity index is 1.24. The van der Waals surface area contributed by atoms with Gasteiger partial charge < -0.3 is 20.7 Å². The molecule has 4 rings (SSSR count). The van der Waals surface area contributed by atoms with E-state index in [9.17, 15) is 14.4 Å². The number of amides is 3. The van der Waals surface area contributed by atoms with Crippen LogP contribution < -0.4 is 20.7 Å². The molecule has 1 fully saturated rings. The van der Waals surface area contributed by atoms with Gasteiger partial charge in [-0.05, 0) is 42.7 Å². The molecule has 2 aromatic carbocycles. The molecule has 1 heterocycles. The number of hydrogen-bond donors (Lipinski definition) is 3. The highest BCUT2D eigenvalue weighted by Crippen LogP contribution is 2.28. The van der Waals surface area contributed by atoms with Crippen molar-refractivity contribution in [1.82, 2.24) is 10.6 Å². The summed E-state index contributed by atoms with van der Waals surface area (Å²) >= 11 is 0. The number of fused-ring (bicyclic) bond motifs is 1. The van der Waals surface area contributed by atoms with E-state index in [-0.39, 0.29) is 23.6 Å². The average molecular weight is 421 g/mol. The molecule has 7 heteroatoms. The van der Waals surface area contributed by atoms with Crippen molar-refractivity contribution in [2.75, 3.05) is 18.4 Å². The molecule has 162 valence electrons. The number of anilines is 1. The van der Waals surface area contributed by atoms with Crippen LogP contribution in [0.25, 0.3) is 0 Å². The number of nitrogens with one attached hydrogen (secondary N) is 3. The van der Waals surface area contributed by atoms with Gasteiger partial charge >= 0.3 is 0 Å². The zero-order valence-electron chi connectivity index (χ0n) is 17.4. The van der Waals surface area contributed by atoms with Gasteiger partial charge in [0, 0.05) is 36.7 Å². The van der Waals surface area contributed by atoms with E-state index >= 15 is 0 Å². The van der Waals surface area contributed by atoms with Gasteiger partial charge in [-0.2, -0.15) is 0 Å². The van der Waals surface area contributed by atoms with E-state index < -0.39 is 6.10 Å². The maximum absolute atomic E-state index is 12.6. The van der Waals surface area contributed by atoms with Gasteiger partial charge in [0.1, 0.15) is 5.75 Å². The van der Waals surface area contributed by atoms with Crippen LogP contribution >= 0.6 is 0 Å². The van der Waals surface area contributed by atoms with Crippen LogP contribution in [0.4, 0.5) is 5.69 Å². The SMILES string of the molecule is O=C(NCCNC(=O)C1CCCC1)c1cccc(NC(=O)C2Cc3ccccc3O2)c1. The molecule has 0 saturated heterocycles. The molecule has 0 aromatic heterocycles. The van der Waals surface area contributed by atoms with Gasteiger partial charge in [-0.15, -0.1) is 0 Å². The van der Waals surface area contributed by atoms with Crippen LogP contribution in [0, 0.1) is 5.92 Å². The summed E-state index contributed by atoms with van der Waals surface area (Å²) in [6, 6.07) is 14.4. The third-order valence-electron chi connectivity index (χ3n) is 5.77. The summed E-state index contributed by atoms with van der Waals surface area (Å²) < 4.78 is 5.71. The molecular formula is C24H27N3O4. The summed E-state index contributed by atoms with van der Waals surface area (Å²) in [4.78, 5) is 37.0. The van der Waals surface area contributed by atoms with Crippen molar-refractivity contribution >= 4 is 23.4 Å². The Morgan fingerprint density at radius 3 is 2.48 bits per heavy atom. The quantitative estimate of drug-likeness (QED) is 0.599. The first-order valence-electron chi connectivity index (χ1n) is 10.8. The summed E-state index contributed by atoms with van der Waals surface area (Å²) in [7, 11) is 0. The van der Waals surface area contributed by atoms with Crippen LogP contribution in [0.2, 0.25) is 0 Å². The number of hydrogen-bond acceptors (Lipinski definition) is 4. The van der Waals surface area contributed by atoms with Crippen LogP contribution in [0.1, 0.15) is 41.6 Å². The lowest BCUT2D eigenvalue weighted by Crippen LogP contribution is -2.37. The Morgan fingerprint density at radius 2 is 1.68 bits per heavy atom. The molecule has 1 aliphatic heterocycles. The van der Waals surface area contributed by atoms with Crippen molar-refractivity contribution in [2.24, 2.45) is 5.92 Å². The maximum atomic E-state index is 12.6. The molecule has 1 aliphatic carbocycles.